The summed E-state index contributed by atoms with van der Waals surface area (Å²) in [5.74, 6) is 1.37. The molecule has 0 radical (unpaired) electrons. The van der Waals surface area contributed by atoms with Crippen molar-refractivity contribution in [1.82, 2.24) is 4.31 Å². The Bertz CT molecular complexity index is 744. The van der Waals surface area contributed by atoms with E-state index in [2.05, 4.69) is 17.5 Å². The fraction of sp³-hybridized carbons (Fsp3) is 0.375. The van der Waals surface area contributed by atoms with Gasteiger partial charge in [0.05, 0.1) is 12.0 Å². The van der Waals surface area contributed by atoms with Gasteiger partial charge in [-0.1, -0.05) is 12.1 Å². The van der Waals surface area contributed by atoms with Crippen molar-refractivity contribution < 1.29 is 13.2 Å². The third-order valence-corrected chi connectivity index (χ3v) is 8.18. The number of benzene rings is 1. The monoisotopic (exact) mass is 369 g/mol. The molecule has 2 heterocycles. The van der Waals surface area contributed by atoms with Crippen LogP contribution in [0.4, 0.5) is 0 Å². The van der Waals surface area contributed by atoms with E-state index in [1.807, 2.05) is 11.8 Å². The molecule has 1 atom stereocenters. The molecule has 0 spiro atoms. The van der Waals surface area contributed by atoms with Crippen LogP contribution in [0.15, 0.2) is 46.7 Å². The molecule has 0 bridgehead atoms. The van der Waals surface area contributed by atoms with Gasteiger partial charge in [0, 0.05) is 35.0 Å². The lowest BCUT2D eigenvalue weighted by atomic mass is 10.2. The number of nitrogens with zero attached hydrogens (tertiary/aromatic N) is 1. The van der Waals surface area contributed by atoms with E-state index in [-0.39, 0.29) is 0 Å². The van der Waals surface area contributed by atoms with Crippen molar-refractivity contribution in [1.29, 1.82) is 0 Å². The van der Waals surface area contributed by atoms with E-state index in [9.17, 15) is 8.42 Å². The molecule has 2 aromatic rings. The van der Waals surface area contributed by atoms with Crippen molar-refractivity contribution in [3.05, 3.63) is 46.7 Å². The maximum absolute atomic E-state index is 12.9. The van der Waals surface area contributed by atoms with Gasteiger partial charge in [-0.05, 0) is 30.0 Å². The number of hydrogen-bond acceptors (Lipinski definition) is 5. The van der Waals surface area contributed by atoms with Crippen molar-refractivity contribution >= 4 is 33.1 Å². The Morgan fingerprint density at radius 2 is 2.09 bits per heavy atom. The normalized spacial score (nSPS) is 20.1. The van der Waals surface area contributed by atoms with Crippen LogP contribution in [0.5, 0.6) is 5.75 Å². The van der Waals surface area contributed by atoms with Crippen molar-refractivity contribution in [2.75, 3.05) is 26.0 Å². The molecule has 1 aromatic carbocycles. The molecule has 4 nitrogen and oxygen atoms in total. The SMILES string of the molecule is COc1cccc(S(=O)(=O)N2CCSC(c3cccs3)CC2)c1. The van der Waals surface area contributed by atoms with Crippen LogP contribution in [0.1, 0.15) is 16.5 Å². The Labute approximate surface area is 145 Å². The molecule has 124 valence electrons. The van der Waals surface area contributed by atoms with E-state index in [1.165, 1.54) is 4.88 Å². The Balaban J connectivity index is 1.78. The van der Waals surface area contributed by atoms with E-state index in [4.69, 9.17) is 4.74 Å². The van der Waals surface area contributed by atoms with Crippen molar-refractivity contribution in [3.8, 4) is 5.75 Å². The lowest BCUT2D eigenvalue weighted by Gasteiger charge is -2.20. The van der Waals surface area contributed by atoms with E-state index >= 15 is 0 Å². The van der Waals surface area contributed by atoms with Gasteiger partial charge in [0.25, 0.3) is 0 Å². The largest absolute Gasteiger partial charge is 0.497 e. The summed E-state index contributed by atoms with van der Waals surface area (Å²) in [5, 5.41) is 2.46. The number of thioether (sulfide) groups is 1. The second-order valence-corrected chi connectivity index (χ2v) is 9.47. The van der Waals surface area contributed by atoms with E-state index in [1.54, 1.807) is 47.0 Å². The summed E-state index contributed by atoms with van der Waals surface area (Å²) in [6.45, 7) is 1.10. The molecule has 0 aliphatic carbocycles. The Morgan fingerprint density at radius 3 is 2.83 bits per heavy atom. The number of thiophene rings is 1. The first-order chi connectivity index (χ1) is 11.1. The first-order valence-corrected chi connectivity index (χ1v) is 10.8. The molecule has 7 heteroatoms. The second kappa shape index (κ2) is 7.25. The molecule has 1 aliphatic heterocycles. The van der Waals surface area contributed by atoms with Gasteiger partial charge in [-0.25, -0.2) is 8.42 Å². The van der Waals surface area contributed by atoms with E-state index in [0.717, 1.165) is 12.2 Å². The molecule has 1 aliphatic rings. The first kappa shape index (κ1) is 16.8. The summed E-state index contributed by atoms with van der Waals surface area (Å²) in [7, 11) is -1.93. The molecular formula is C16H19NO3S3. The zero-order valence-corrected chi connectivity index (χ0v) is 15.3. The maximum Gasteiger partial charge on any atom is 0.243 e. The molecule has 1 saturated heterocycles. The molecule has 1 unspecified atom stereocenters. The number of ether oxygens (including phenoxy) is 1. The van der Waals surface area contributed by atoms with Gasteiger partial charge in [-0.15, -0.1) is 11.3 Å². The van der Waals surface area contributed by atoms with Gasteiger partial charge in [-0.2, -0.15) is 16.1 Å². The molecule has 23 heavy (non-hydrogen) atoms. The zero-order chi connectivity index (χ0) is 16.3. The minimum absolute atomic E-state index is 0.302. The second-order valence-electron chi connectivity index (χ2n) is 5.25. The van der Waals surface area contributed by atoms with Crippen molar-refractivity contribution in [2.24, 2.45) is 0 Å². The third kappa shape index (κ3) is 3.74. The lowest BCUT2D eigenvalue weighted by Crippen LogP contribution is -2.33. The minimum Gasteiger partial charge on any atom is -0.497 e. The van der Waals surface area contributed by atoms with Gasteiger partial charge in [0.1, 0.15) is 5.75 Å². The summed E-state index contributed by atoms with van der Waals surface area (Å²) in [4.78, 5) is 1.63. The highest BCUT2D eigenvalue weighted by Crippen LogP contribution is 2.37. The van der Waals surface area contributed by atoms with Gasteiger partial charge in [-0.3, -0.25) is 0 Å². The van der Waals surface area contributed by atoms with Crippen LogP contribution in [-0.2, 0) is 10.0 Å². The third-order valence-electron chi connectivity index (χ3n) is 3.84. The minimum atomic E-state index is -3.47. The van der Waals surface area contributed by atoms with E-state index < -0.39 is 10.0 Å². The number of sulfonamides is 1. The average Bonchev–Trinajstić information content (AvgIpc) is 2.99. The van der Waals surface area contributed by atoms with E-state index in [0.29, 0.717) is 29.0 Å². The van der Waals surface area contributed by atoms with Crippen LogP contribution >= 0.6 is 23.1 Å². The van der Waals surface area contributed by atoms with Crippen LogP contribution in [0.2, 0.25) is 0 Å². The maximum atomic E-state index is 12.9. The smallest absolute Gasteiger partial charge is 0.243 e. The van der Waals surface area contributed by atoms with Crippen LogP contribution in [-0.4, -0.2) is 38.7 Å². The van der Waals surface area contributed by atoms with Gasteiger partial charge in [0.2, 0.25) is 10.0 Å². The van der Waals surface area contributed by atoms with Gasteiger partial charge in [0.15, 0.2) is 0 Å². The highest BCUT2D eigenvalue weighted by atomic mass is 32.2. The van der Waals surface area contributed by atoms with Crippen LogP contribution in [0, 0.1) is 0 Å². The van der Waals surface area contributed by atoms with Gasteiger partial charge < -0.3 is 4.74 Å². The van der Waals surface area contributed by atoms with Crippen molar-refractivity contribution in [2.45, 2.75) is 16.6 Å². The van der Waals surface area contributed by atoms with Crippen LogP contribution < -0.4 is 4.74 Å². The quantitative estimate of drug-likeness (QED) is 0.826. The van der Waals surface area contributed by atoms with Crippen LogP contribution in [0.25, 0.3) is 0 Å². The molecule has 0 N–H and O–H groups in total. The average molecular weight is 370 g/mol. The van der Waals surface area contributed by atoms with Crippen LogP contribution in [0.3, 0.4) is 0 Å². The Kier molecular flexibility index (Phi) is 5.31. The Morgan fingerprint density at radius 1 is 1.22 bits per heavy atom. The topological polar surface area (TPSA) is 46.6 Å². The Hall–Kier alpha value is -1.02. The predicted molar refractivity (Wildman–Crippen MR) is 95.9 cm³/mol. The fourth-order valence-electron chi connectivity index (χ4n) is 2.60. The summed E-state index contributed by atoms with van der Waals surface area (Å²) >= 11 is 3.59. The summed E-state index contributed by atoms with van der Waals surface area (Å²) < 4.78 is 32.5. The summed E-state index contributed by atoms with van der Waals surface area (Å²) in [6, 6.07) is 10.9. The van der Waals surface area contributed by atoms with Gasteiger partial charge >= 0.3 is 0 Å². The molecule has 0 saturated carbocycles. The predicted octanol–water partition coefficient (Wildman–Crippen LogP) is 3.63. The summed E-state index contributed by atoms with van der Waals surface area (Å²) in [6.07, 6.45) is 0.842. The number of rotatable bonds is 4. The van der Waals surface area contributed by atoms with Crippen molar-refractivity contribution in [3.63, 3.8) is 0 Å². The fourth-order valence-corrected chi connectivity index (χ4v) is 6.45. The number of methoxy groups -OCH3 is 1. The number of hydrogen-bond donors (Lipinski definition) is 0. The molecular weight excluding hydrogens is 350 g/mol. The molecule has 3 rings (SSSR count). The molecule has 1 fully saturated rings. The summed E-state index contributed by atoms with van der Waals surface area (Å²) in [5.41, 5.74) is 0. The highest BCUT2D eigenvalue weighted by Gasteiger charge is 2.28. The first-order valence-electron chi connectivity index (χ1n) is 7.40. The molecule has 0 amide bonds. The highest BCUT2D eigenvalue weighted by molar-refractivity contribution is 7.99. The zero-order valence-electron chi connectivity index (χ0n) is 12.8. The lowest BCUT2D eigenvalue weighted by molar-refractivity contribution is 0.410. The molecule has 1 aromatic heterocycles. The standard InChI is InChI=1S/C16H19NO3S3/c1-20-13-4-2-5-14(12-13)23(18,19)17-8-7-16(22-11-9-17)15-6-3-10-21-15/h2-6,10,12,16H,7-9,11H2,1H3.